The van der Waals surface area contributed by atoms with E-state index in [1.807, 2.05) is 0 Å². The second kappa shape index (κ2) is 4.70. The van der Waals surface area contributed by atoms with E-state index in [0.717, 1.165) is 18.2 Å². The van der Waals surface area contributed by atoms with Crippen LogP contribution < -0.4 is 5.56 Å². The van der Waals surface area contributed by atoms with E-state index < -0.39 is 17.4 Å². The first-order chi connectivity index (χ1) is 6.96. The summed E-state index contributed by atoms with van der Waals surface area (Å²) < 4.78 is 38.1. The summed E-state index contributed by atoms with van der Waals surface area (Å²) in [6.07, 6.45) is -4.18. The topological polar surface area (TPSA) is 22.0 Å². The standard InChI is InChI=1S/C9H9ClF3NO/c10-5-2-6-14-7(9(11,12)13)3-1-4-8(14)15/h1,3-4H,2,5-6H2. The molecule has 15 heavy (non-hydrogen) atoms. The lowest BCUT2D eigenvalue weighted by molar-refractivity contribution is -0.144. The van der Waals surface area contributed by atoms with Crippen molar-refractivity contribution in [1.29, 1.82) is 0 Å². The van der Waals surface area contributed by atoms with Crippen molar-refractivity contribution in [3.63, 3.8) is 0 Å². The van der Waals surface area contributed by atoms with Crippen LogP contribution in [0.5, 0.6) is 0 Å². The Morgan fingerprint density at radius 2 is 2.00 bits per heavy atom. The Morgan fingerprint density at radius 1 is 1.33 bits per heavy atom. The molecule has 1 aromatic rings. The summed E-state index contributed by atoms with van der Waals surface area (Å²) in [7, 11) is 0. The van der Waals surface area contributed by atoms with Gasteiger partial charge in [0.2, 0.25) is 0 Å². The maximum Gasteiger partial charge on any atom is 0.431 e. The number of halogens is 4. The lowest BCUT2D eigenvalue weighted by Crippen LogP contribution is -2.27. The van der Waals surface area contributed by atoms with E-state index in [-0.39, 0.29) is 12.4 Å². The van der Waals surface area contributed by atoms with Crippen molar-refractivity contribution in [3.8, 4) is 0 Å². The van der Waals surface area contributed by atoms with Gasteiger partial charge < -0.3 is 4.57 Å². The minimum atomic E-state index is -4.51. The monoisotopic (exact) mass is 239 g/mol. The average Bonchev–Trinajstić information content (AvgIpc) is 2.14. The van der Waals surface area contributed by atoms with Crippen LogP contribution in [-0.4, -0.2) is 10.4 Å². The van der Waals surface area contributed by atoms with Gasteiger partial charge in [0.15, 0.2) is 0 Å². The molecule has 0 aliphatic heterocycles. The molecule has 1 heterocycles. The van der Waals surface area contributed by atoms with Crippen molar-refractivity contribution in [2.75, 3.05) is 5.88 Å². The highest BCUT2D eigenvalue weighted by molar-refractivity contribution is 6.17. The van der Waals surface area contributed by atoms with Crippen molar-refractivity contribution >= 4 is 11.6 Å². The molecule has 0 unspecified atom stereocenters. The van der Waals surface area contributed by atoms with Crippen LogP contribution in [0.2, 0.25) is 0 Å². The average molecular weight is 240 g/mol. The van der Waals surface area contributed by atoms with Crippen LogP contribution >= 0.6 is 11.6 Å². The van der Waals surface area contributed by atoms with Crippen LogP contribution in [0.4, 0.5) is 13.2 Å². The lowest BCUT2D eigenvalue weighted by Gasteiger charge is -2.14. The van der Waals surface area contributed by atoms with Gasteiger partial charge in [-0.15, -0.1) is 11.6 Å². The third-order valence-corrected chi connectivity index (χ3v) is 2.12. The number of nitrogens with zero attached hydrogens (tertiary/aromatic N) is 1. The normalized spacial score (nSPS) is 11.7. The highest BCUT2D eigenvalue weighted by atomic mass is 35.5. The Kier molecular flexibility index (Phi) is 3.79. The molecule has 0 bridgehead atoms. The van der Waals surface area contributed by atoms with Gasteiger partial charge in [-0.3, -0.25) is 4.79 Å². The molecule has 1 aromatic heterocycles. The van der Waals surface area contributed by atoms with Gasteiger partial charge in [-0.05, 0) is 12.5 Å². The summed E-state index contributed by atoms with van der Waals surface area (Å²) in [5, 5.41) is 0. The van der Waals surface area contributed by atoms with Crippen molar-refractivity contribution < 1.29 is 13.2 Å². The van der Waals surface area contributed by atoms with Gasteiger partial charge in [0, 0.05) is 18.5 Å². The summed E-state index contributed by atoms with van der Waals surface area (Å²) in [6.45, 7) is -0.0159. The highest BCUT2D eigenvalue weighted by Crippen LogP contribution is 2.28. The van der Waals surface area contributed by atoms with Crippen LogP contribution in [0, 0.1) is 0 Å². The van der Waals surface area contributed by atoms with E-state index in [0.29, 0.717) is 11.0 Å². The summed E-state index contributed by atoms with van der Waals surface area (Å²) in [4.78, 5) is 11.2. The Hall–Kier alpha value is -0.970. The number of hydrogen-bond donors (Lipinski definition) is 0. The lowest BCUT2D eigenvalue weighted by atomic mass is 10.3. The molecule has 0 saturated carbocycles. The first kappa shape index (κ1) is 12.1. The SMILES string of the molecule is O=c1cccc(C(F)(F)F)n1CCCCl. The number of hydrogen-bond acceptors (Lipinski definition) is 1. The van der Waals surface area contributed by atoms with Crippen LogP contribution in [0.1, 0.15) is 12.1 Å². The Bertz CT molecular complexity index is 386. The molecule has 6 heteroatoms. The van der Waals surface area contributed by atoms with Gasteiger partial charge in [0.25, 0.3) is 5.56 Å². The number of rotatable bonds is 3. The molecule has 84 valence electrons. The highest BCUT2D eigenvalue weighted by Gasteiger charge is 2.33. The zero-order chi connectivity index (χ0) is 11.5. The minimum Gasteiger partial charge on any atom is -0.304 e. The van der Waals surface area contributed by atoms with Gasteiger partial charge in [-0.2, -0.15) is 13.2 Å². The third-order valence-electron chi connectivity index (χ3n) is 1.86. The van der Waals surface area contributed by atoms with Gasteiger partial charge in [0.05, 0.1) is 0 Å². The molecule has 0 saturated heterocycles. The van der Waals surface area contributed by atoms with Gasteiger partial charge in [-0.1, -0.05) is 6.07 Å². The van der Waals surface area contributed by atoms with Crippen LogP contribution in [0.25, 0.3) is 0 Å². The summed E-state index contributed by atoms with van der Waals surface area (Å²) in [5.41, 5.74) is -1.59. The van der Waals surface area contributed by atoms with Gasteiger partial charge >= 0.3 is 6.18 Å². The van der Waals surface area contributed by atoms with E-state index in [2.05, 4.69) is 0 Å². The van der Waals surface area contributed by atoms with Crippen LogP contribution in [0.3, 0.4) is 0 Å². The number of pyridine rings is 1. The largest absolute Gasteiger partial charge is 0.431 e. The second-order valence-electron chi connectivity index (χ2n) is 2.94. The zero-order valence-electron chi connectivity index (χ0n) is 7.72. The predicted molar refractivity (Wildman–Crippen MR) is 51.0 cm³/mol. The first-order valence-electron chi connectivity index (χ1n) is 4.30. The molecule has 0 amide bonds. The third kappa shape index (κ3) is 2.99. The van der Waals surface area contributed by atoms with E-state index in [9.17, 15) is 18.0 Å². The fraction of sp³-hybridized carbons (Fsp3) is 0.444. The maximum absolute atomic E-state index is 12.5. The summed E-state index contributed by atoms with van der Waals surface area (Å²) in [5.74, 6) is 0.221. The first-order valence-corrected chi connectivity index (χ1v) is 4.83. The molecule has 0 atom stereocenters. The second-order valence-corrected chi connectivity index (χ2v) is 3.32. The Morgan fingerprint density at radius 3 is 2.53 bits per heavy atom. The van der Waals surface area contributed by atoms with E-state index in [1.54, 1.807) is 0 Å². The van der Waals surface area contributed by atoms with E-state index in [4.69, 9.17) is 11.6 Å². The fourth-order valence-electron chi connectivity index (χ4n) is 1.22. The fourth-order valence-corrected chi connectivity index (χ4v) is 1.34. The summed E-state index contributed by atoms with van der Waals surface area (Å²) >= 11 is 5.37. The van der Waals surface area contributed by atoms with Crippen molar-refractivity contribution in [2.24, 2.45) is 0 Å². The van der Waals surface area contributed by atoms with E-state index >= 15 is 0 Å². The molecule has 0 aromatic carbocycles. The number of aromatic nitrogens is 1. The van der Waals surface area contributed by atoms with Gasteiger partial charge in [0.1, 0.15) is 5.69 Å². The molecule has 0 aliphatic carbocycles. The Labute approximate surface area is 89.3 Å². The van der Waals surface area contributed by atoms with Crippen molar-refractivity contribution in [3.05, 3.63) is 34.2 Å². The molecule has 0 spiro atoms. The molecule has 2 nitrogen and oxygen atoms in total. The van der Waals surface area contributed by atoms with Crippen molar-refractivity contribution in [2.45, 2.75) is 19.1 Å². The zero-order valence-corrected chi connectivity index (χ0v) is 8.48. The molecule has 0 N–H and O–H groups in total. The van der Waals surface area contributed by atoms with E-state index in [1.165, 1.54) is 0 Å². The molecular weight excluding hydrogens is 231 g/mol. The predicted octanol–water partition coefficient (Wildman–Crippen LogP) is 2.50. The number of alkyl halides is 4. The van der Waals surface area contributed by atoms with Crippen LogP contribution in [0.15, 0.2) is 23.0 Å². The maximum atomic E-state index is 12.5. The molecular formula is C9H9ClF3NO. The van der Waals surface area contributed by atoms with Crippen molar-refractivity contribution in [1.82, 2.24) is 4.57 Å². The minimum absolute atomic E-state index is 0.0159. The summed E-state index contributed by atoms with van der Waals surface area (Å²) in [6, 6.07) is 3.08. The van der Waals surface area contributed by atoms with Crippen LogP contribution in [-0.2, 0) is 12.7 Å². The van der Waals surface area contributed by atoms with Gasteiger partial charge in [-0.25, -0.2) is 0 Å². The molecule has 0 aliphatic rings. The molecule has 1 rings (SSSR count). The molecule has 0 radical (unpaired) electrons. The quantitative estimate of drug-likeness (QED) is 0.743. The molecule has 0 fully saturated rings. The Balaban J connectivity index is 3.15. The smallest absolute Gasteiger partial charge is 0.304 e.